The highest BCUT2D eigenvalue weighted by Gasteiger charge is 2.40. The van der Waals surface area contributed by atoms with Crippen molar-refractivity contribution in [1.82, 2.24) is 14.7 Å². The van der Waals surface area contributed by atoms with Gasteiger partial charge in [0.2, 0.25) is 5.91 Å². The Morgan fingerprint density at radius 3 is 2.70 bits per heavy atom. The van der Waals surface area contributed by atoms with Crippen molar-refractivity contribution in [3.05, 3.63) is 47.3 Å². The lowest BCUT2D eigenvalue weighted by Crippen LogP contribution is -2.51. The Morgan fingerprint density at radius 2 is 2.07 bits per heavy atom. The number of benzene rings is 1. The van der Waals surface area contributed by atoms with Crippen LogP contribution in [0.4, 0.5) is 5.69 Å². The number of nitrogens with zero attached hydrogens (tertiary/aromatic N) is 3. The summed E-state index contributed by atoms with van der Waals surface area (Å²) in [6.07, 6.45) is 4.38. The van der Waals surface area contributed by atoms with Crippen LogP contribution in [-0.4, -0.2) is 46.3 Å². The van der Waals surface area contributed by atoms with E-state index in [0.717, 1.165) is 35.2 Å². The molecule has 3 rings (SSSR count). The third-order valence-electron chi connectivity index (χ3n) is 5.03. The van der Waals surface area contributed by atoms with Crippen LogP contribution < -0.4 is 5.32 Å². The molecule has 1 N–H and O–H groups in total. The molecule has 1 aliphatic heterocycles. The molecule has 7 nitrogen and oxygen atoms in total. The van der Waals surface area contributed by atoms with E-state index in [1.807, 2.05) is 12.1 Å². The number of amides is 2. The van der Waals surface area contributed by atoms with Crippen LogP contribution in [0.3, 0.4) is 0 Å². The minimum atomic E-state index is -0.799. The summed E-state index contributed by atoms with van der Waals surface area (Å²) < 4.78 is 7.31. The Bertz CT molecular complexity index is 846. The van der Waals surface area contributed by atoms with Crippen molar-refractivity contribution < 1.29 is 14.3 Å². The molecule has 1 aromatic heterocycles. The van der Waals surface area contributed by atoms with Crippen LogP contribution in [0.5, 0.6) is 0 Å². The topological polar surface area (TPSA) is 76.5 Å². The second-order valence-electron chi connectivity index (χ2n) is 6.82. The highest BCUT2D eigenvalue weighted by Crippen LogP contribution is 2.30. The van der Waals surface area contributed by atoms with E-state index in [-0.39, 0.29) is 18.4 Å². The highest BCUT2D eigenvalue weighted by atomic mass is 16.5. The predicted molar refractivity (Wildman–Crippen MR) is 102 cm³/mol. The lowest BCUT2D eigenvalue weighted by Gasteiger charge is -2.37. The first-order valence-corrected chi connectivity index (χ1v) is 9.23. The van der Waals surface area contributed by atoms with E-state index in [0.29, 0.717) is 0 Å². The molecule has 0 bridgehead atoms. The lowest BCUT2D eigenvalue weighted by molar-refractivity contribution is -0.160. The SMILES string of the molecule is CCc1ccc(CC)c(NC(=O)[C@@H]2OCC(=O)N(C)[C@H]2c2cnn(C)c2)c1. The van der Waals surface area contributed by atoms with Gasteiger partial charge in [0.15, 0.2) is 6.10 Å². The van der Waals surface area contributed by atoms with Gasteiger partial charge in [-0.3, -0.25) is 14.3 Å². The van der Waals surface area contributed by atoms with Crippen LogP contribution in [-0.2, 0) is 34.2 Å². The second-order valence-corrected chi connectivity index (χ2v) is 6.82. The Morgan fingerprint density at radius 1 is 1.30 bits per heavy atom. The molecule has 2 heterocycles. The number of nitrogens with one attached hydrogen (secondary N) is 1. The predicted octanol–water partition coefficient (Wildman–Crippen LogP) is 2.08. The Labute approximate surface area is 159 Å². The minimum Gasteiger partial charge on any atom is -0.356 e. The quantitative estimate of drug-likeness (QED) is 0.874. The van der Waals surface area contributed by atoms with Gasteiger partial charge >= 0.3 is 0 Å². The van der Waals surface area contributed by atoms with Gasteiger partial charge in [0.05, 0.1) is 12.2 Å². The lowest BCUT2D eigenvalue weighted by atomic mass is 10.00. The first-order valence-electron chi connectivity index (χ1n) is 9.23. The number of aryl methyl sites for hydroxylation is 3. The van der Waals surface area contributed by atoms with Gasteiger partial charge in [-0.05, 0) is 30.0 Å². The maximum Gasteiger partial charge on any atom is 0.256 e. The molecule has 1 aliphatic rings. The second kappa shape index (κ2) is 7.92. The van der Waals surface area contributed by atoms with Gasteiger partial charge in [-0.1, -0.05) is 26.0 Å². The fourth-order valence-corrected chi connectivity index (χ4v) is 3.39. The summed E-state index contributed by atoms with van der Waals surface area (Å²) >= 11 is 0. The average Bonchev–Trinajstić information content (AvgIpc) is 3.09. The maximum atomic E-state index is 13.1. The van der Waals surface area contributed by atoms with Crippen LogP contribution in [0, 0.1) is 0 Å². The monoisotopic (exact) mass is 370 g/mol. The van der Waals surface area contributed by atoms with E-state index >= 15 is 0 Å². The molecule has 2 amide bonds. The highest BCUT2D eigenvalue weighted by molar-refractivity contribution is 5.96. The first-order chi connectivity index (χ1) is 12.9. The summed E-state index contributed by atoms with van der Waals surface area (Å²) in [5, 5.41) is 7.19. The smallest absolute Gasteiger partial charge is 0.256 e. The summed E-state index contributed by atoms with van der Waals surface area (Å²) in [6, 6.07) is 5.62. The van der Waals surface area contributed by atoms with E-state index in [9.17, 15) is 9.59 Å². The maximum absolute atomic E-state index is 13.1. The van der Waals surface area contributed by atoms with Gasteiger partial charge in [0.25, 0.3) is 5.91 Å². The summed E-state index contributed by atoms with van der Waals surface area (Å²) in [5.74, 6) is -0.415. The van der Waals surface area contributed by atoms with Gasteiger partial charge in [-0.15, -0.1) is 0 Å². The van der Waals surface area contributed by atoms with Crippen molar-refractivity contribution in [3.8, 4) is 0 Å². The van der Waals surface area contributed by atoms with E-state index in [2.05, 4.69) is 30.3 Å². The molecule has 2 aromatic rings. The number of anilines is 1. The van der Waals surface area contributed by atoms with Crippen molar-refractivity contribution in [2.75, 3.05) is 19.0 Å². The molecule has 0 saturated carbocycles. The number of ether oxygens (including phenoxy) is 1. The molecule has 1 saturated heterocycles. The average molecular weight is 370 g/mol. The van der Waals surface area contributed by atoms with Gasteiger partial charge in [-0.25, -0.2) is 0 Å². The zero-order chi connectivity index (χ0) is 19.6. The molecular weight excluding hydrogens is 344 g/mol. The Kier molecular flexibility index (Phi) is 5.60. The van der Waals surface area contributed by atoms with E-state index in [1.165, 1.54) is 0 Å². The first kappa shape index (κ1) is 19.1. The number of morpholine rings is 1. The number of carbonyl (C=O) groups excluding carboxylic acids is 2. The van der Waals surface area contributed by atoms with Crippen LogP contribution in [0.15, 0.2) is 30.6 Å². The zero-order valence-corrected chi connectivity index (χ0v) is 16.2. The fraction of sp³-hybridized carbons (Fsp3) is 0.450. The minimum absolute atomic E-state index is 0.110. The molecule has 27 heavy (non-hydrogen) atoms. The van der Waals surface area contributed by atoms with Crippen molar-refractivity contribution in [1.29, 1.82) is 0 Å². The number of likely N-dealkylation sites (N-methyl/N-ethyl adjacent to an activating group) is 1. The van der Waals surface area contributed by atoms with Crippen LogP contribution >= 0.6 is 0 Å². The zero-order valence-electron chi connectivity index (χ0n) is 16.2. The molecule has 1 fully saturated rings. The standard InChI is InChI=1S/C20H26N4O3/c1-5-13-7-8-14(6-2)16(9-13)22-20(26)19-18(15-10-21-23(3)11-15)24(4)17(25)12-27-19/h7-11,18-19H,5-6,12H2,1-4H3,(H,22,26)/t18-,19+/m0/s1. The molecule has 0 radical (unpaired) electrons. The van der Waals surface area contributed by atoms with Crippen molar-refractivity contribution in [3.63, 3.8) is 0 Å². The van der Waals surface area contributed by atoms with Gasteiger partial charge in [0.1, 0.15) is 6.61 Å². The number of aromatic nitrogens is 2. The number of rotatable bonds is 5. The van der Waals surface area contributed by atoms with Crippen molar-refractivity contribution >= 4 is 17.5 Å². The third-order valence-corrected chi connectivity index (χ3v) is 5.03. The molecule has 2 atom stereocenters. The van der Waals surface area contributed by atoms with Crippen LogP contribution in [0.1, 0.15) is 36.6 Å². The Balaban J connectivity index is 1.89. The third kappa shape index (κ3) is 3.88. The van der Waals surface area contributed by atoms with Crippen molar-refractivity contribution in [2.24, 2.45) is 7.05 Å². The molecule has 0 unspecified atom stereocenters. The molecule has 7 heteroatoms. The summed E-state index contributed by atoms with van der Waals surface area (Å²) in [7, 11) is 3.49. The molecule has 1 aromatic carbocycles. The molecule has 0 spiro atoms. The number of hydrogen-bond donors (Lipinski definition) is 1. The van der Waals surface area contributed by atoms with Gasteiger partial charge in [-0.2, -0.15) is 5.10 Å². The summed E-state index contributed by atoms with van der Waals surface area (Å²) in [6.45, 7) is 4.02. The number of hydrogen-bond acceptors (Lipinski definition) is 4. The largest absolute Gasteiger partial charge is 0.356 e. The van der Waals surface area contributed by atoms with E-state index in [1.54, 1.807) is 36.1 Å². The van der Waals surface area contributed by atoms with E-state index < -0.39 is 12.1 Å². The van der Waals surface area contributed by atoms with Crippen molar-refractivity contribution in [2.45, 2.75) is 38.8 Å². The molecule has 144 valence electrons. The van der Waals surface area contributed by atoms with Crippen LogP contribution in [0.2, 0.25) is 0 Å². The normalized spacial score (nSPS) is 20.0. The molecular formula is C20H26N4O3. The van der Waals surface area contributed by atoms with E-state index in [4.69, 9.17) is 4.74 Å². The fourth-order valence-electron chi connectivity index (χ4n) is 3.39. The summed E-state index contributed by atoms with van der Waals surface area (Å²) in [5.41, 5.74) is 3.79. The number of carbonyl (C=O) groups is 2. The molecule has 0 aliphatic carbocycles. The summed E-state index contributed by atoms with van der Waals surface area (Å²) in [4.78, 5) is 26.8. The van der Waals surface area contributed by atoms with Gasteiger partial charge < -0.3 is 15.0 Å². The van der Waals surface area contributed by atoms with Crippen LogP contribution in [0.25, 0.3) is 0 Å². The van der Waals surface area contributed by atoms with Gasteiger partial charge in [0, 0.05) is 31.5 Å². The Hall–Kier alpha value is -2.67.